The summed E-state index contributed by atoms with van der Waals surface area (Å²) in [5.74, 6) is 0.969. The van der Waals surface area contributed by atoms with Crippen LogP contribution in [0.3, 0.4) is 0 Å². The summed E-state index contributed by atoms with van der Waals surface area (Å²) in [7, 11) is 2.04. The van der Waals surface area contributed by atoms with Crippen molar-refractivity contribution >= 4 is 5.82 Å². The van der Waals surface area contributed by atoms with E-state index in [1.807, 2.05) is 43.6 Å². The van der Waals surface area contributed by atoms with Crippen LogP contribution in [0.5, 0.6) is 0 Å². The number of ether oxygens (including phenoxy) is 1. The minimum absolute atomic E-state index is 0.379. The van der Waals surface area contributed by atoms with Crippen molar-refractivity contribution in [2.24, 2.45) is 0 Å². The SMILES string of the molecule is CC(C)N(C)c1ccc(-c2ccc(C3(O)COC3)cc2)cn1. The van der Waals surface area contributed by atoms with E-state index in [1.54, 1.807) is 0 Å². The number of anilines is 1. The molecule has 1 aliphatic rings. The van der Waals surface area contributed by atoms with Gasteiger partial charge >= 0.3 is 0 Å². The average molecular weight is 298 g/mol. The highest BCUT2D eigenvalue weighted by molar-refractivity contribution is 5.64. The molecule has 0 bridgehead atoms. The van der Waals surface area contributed by atoms with Gasteiger partial charge in [-0.2, -0.15) is 0 Å². The Morgan fingerprint density at radius 1 is 1.09 bits per heavy atom. The summed E-state index contributed by atoms with van der Waals surface area (Å²) < 4.78 is 5.10. The van der Waals surface area contributed by atoms with Crippen molar-refractivity contribution in [2.75, 3.05) is 25.2 Å². The van der Waals surface area contributed by atoms with Crippen LogP contribution in [0.4, 0.5) is 5.82 Å². The van der Waals surface area contributed by atoms with Gasteiger partial charge in [-0.25, -0.2) is 4.98 Å². The van der Waals surface area contributed by atoms with E-state index in [4.69, 9.17) is 4.74 Å². The van der Waals surface area contributed by atoms with Gasteiger partial charge in [-0.15, -0.1) is 0 Å². The normalized spacial score (nSPS) is 16.4. The third-order valence-electron chi connectivity index (χ3n) is 4.32. The van der Waals surface area contributed by atoms with Gasteiger partial charge in [0.1, 0.15) is 11.4 Å². The van der Waals surface area contributed by atoms with E-state index in [0.29, 0.717) is 19.3 Å². The second-order valence-electron chi connectivity index (χ2n) is 6.21. The van der Waals surface area contributed by atoms with Crippen molar-refractivity contribution in [3.63, 3.8) is 0 Å². The highest BCUT2D eigenvalue weighted by Crippen LogP contribution is 2.31. The number of aromatic nitrogens is 1. The molecule has 2 aromatic rings. The minimum atomic E-state index is -0.805. The molecule has 3 rings (SSSR count). The van der Waals surface area contributed by atoms with Gasteiger partial charge < -0.3 is 14.7 Å². The largest absolute Gasteiger partial charge is 0.380 e. The Morgan fingerprint density at radius 2 is 1.73 bits per heavy atom. The number of hydrogen-bond acceptors (Lipinski definition) is 4. The fraction of sp³-hybridized carbons (Fsp3) is 0.389. The van der Waals surface area contributed by atoms with E-state index in [2.05, 4.69) is 29.8 Å². The van der Waals surface area contributed by atoms with Crippen LogP contribution in [-0.2, 0) is 10.3 Å². The van der Waals surface area contributed by atoms with Crippen LogP contribution in [0, 0.1) is 0 Å². The van der Waals surface area contributed by atoms with Crippen LogP contribution in [0.25, 0.3) is 11.1 Å². The van der Waals surface area contributed by atoms with Gasteiger partial charge in [0.05, 0.1) is 13.2 Å². The van der Waals surface area contributed by atoms with Crippen molar-refractivity contribution in [1.82, 2.24) is 4.98 Å². The van der Waals surface area contributed by atoms with Crippen LogP contribution in [0.15, 0.2) is 42.6 Å². The molecule has 2 heterocycles. The second kappa shape index (κ2) is 5.71. The molecule has 4 nitrogen and oxygen atoms in total. The molecule has 0 spiro atoms. The molecule has 22 heavy (non-hydrogen) atoms. The third-order valence-corrected chi connectivity index (χ3v) is 4.32. The molecule has 0 amide bonds. The van der Waals surface area contributed by atoms with Crippen LogP contribution in [-0.4, -0.2) is 36.4 Å². The Labute approximate surface area is 131 Å². The highest BCUT2D eigenvalue weighted by Gasteiger charge is 2.37. The van der Waals surface area contributed by atoms with Gasteiger partial charge in [-0.05, 0) is 37.1 Å². The van der Waals surface area contributed by atoms with E-state index in [0.717, 1.165) is 22.5 Å². The lowest BCUT2D eigenvalue weighted by Gasteiger charge is -2.36. The van der Waals surface area contributed by atoms with Crippen molar-refractivity contribution in [1.29, 1.82) is 0 Å². The van der Waals surface area contributed by atoms with Gasteiger partial charge in [0.25, 0.3) is 0 Å². The fourth-order valence-corrected chi connectivity index (χ4v) is 2.46. The zero-order chi connectivity index (χ0) is 15.7. The van der Waals surface area contributed by atoms with Crippen molar-refractivity contribution < 1.29 is 9.84 Å². The molecule has 1 aromatic carbocycles. The molecular weight excluding hydrogens is 276 g/mol. The number of nitrogens with zero attached hydrogens (tertiary/aromatic N) is 2. The minimum Gasteiger partial charge on any atom is -0.380 e. The molecule has 0 aliphatic carbocycles. The molecule has 1 N–H and O–H groups in total. The molecule has 0 unspecified atom stereocenters. The Kier molecular flexibility index (Phi) is 3.89. The quantitative estimate of drug-likeness (QED) is 0.943. The van der Waals surface area contributed by atoms with Crippen LogP contribution < -0.4 is 4.90 Å². The lowest BCUT2D eigenvalue weighted by molar-refractivity contribution is -0.184. The first-order chi connectivity index (χ1) is 10.5. The van der Waals surface area contributed by atoms with E-state index < -0.39 is 5.60 Å². The number of aliphatic hydroxyl groups is 1. The molecule has 116 valence electrons. The van der Waals surface area contributed by atoms with E-state index >= 15 is 0 Å². The van der Waals surface area contributed by atoms with Gasteiger partial charge in [0.15, 0.2) is 0 Å². The predicted molar refractivity (Wildman–Crippen MR) is 87.9 cm³/mol. The molecule has 1 saturated heterocycles. The fourth-order valence-electron chi connectivity index (χ4n) is 2.46. The molecule has 1 fully saturated rings. The molecular formula is C18H22N2O2. The molecule has 1 aromatic heterocycles. The molecule has 0 atom stereocenters. The van der Waals surface area contributed by atoms with E-state index in [-0.39, 0.29) is 0 Å². The summed E-state index contributed by atoms with van der Waals surface area (Å²) in [6, 6.07) is 12.5. The topological polar surface area (TPSA) is 45.6 Å². The summed E-state index contributed by atoms with van der Waals surface area (Å²) in [4.78, 5) is 6.67. The lowest BCUT2D eigenvalue weighted by Crippen LogP contribution is -2.46. The van der Waals surface area contributed by atoms with Crippen molar-refractivity contribution in [3.05, 3.63) is 48.2 Å². The Balaban J connectivity index is 1.79. The zero-order valence-corrected chi connectivity index (χ0v) is 13.3. The molecule has 4 heteroatoms. The van der Waals surface area contributed by atoms with E-state index in [1.165, 1.54) is 0 Å². The van der Waals surface area contributed by atoms with E-state index in [9.17, 15) is 5.11 Å². The van der Waals surface area contributed by atoms with Crippen molar-refractivity contribution in [2.45, 2.75) is 25.5 Å². The summed E-state index contributed by atoms with van der Waals surface area (Å²) in [6.45, 7) is 5.04. The molecule has 0 radical (unpaired) electrons. The zero-order valence-electron chi connectivity index (χ0n) is 13.3. The summed E-state index contributed by atoms with van der Waals surface area (Å²) in [6.07, 6.45) is 1.89. The number of rotatable bonds is 4. The first-order valence-corrected chi connectivity index (χ1v) is 7.59. The Bertz CT molecular complexity index is 631. The highest BCUT2D eigenvalue weighted by atomic mass is 16.5. The van der Waals surface area contributed by atoms with Crippen molar-refractivity contribution in [3.8, 4) is 11.1 Å². The smallest absolute Gasteiger partial charge is 0.136 e. The maximum absolute atomic E-state index is 10.2. The maximum atomic E-state index is 10.2. The summed E-state index contributed by atoms with van der Waals surface area (Å²) in [5, 5.41) is 10.2. The number of benzene rings is 1. The monoisotopic (exact) mass is 298 g/mol. The van der Waals surface area contributed by atoms with Gasteiger partial charge in [-0.3, -0.25) is 0 Å². The molecule has 0 saturated carbocycles. The summed E-state index contributed by atoms with van der Waals surface area (Å²) in [5.41, 5.74) is 2.27. The van der Waals surface area contributed by atoms with Crippen LogP contribution in [0.2, 0.25) is 0 Å². The summed E-state index contributed by atoms with van der Waals surface area (Å²) >= 11 is 0. The Hall–Kier alpha value is -1.91. The number of pyridine rings is 1. The maximum Gasteiger partial charge on any atom is 0.136 e. The van der Waals surface area contributed by atoms with Crippen LogP contribution in [0.1, 0.15) is 19.4 Å². The first kappa shape index (κ1) is 15.0. The van der Waals surface area contributed by atoms with Gasteiger partial charge in [-0.1, -0.05) is 24.3 Å². The second-order valence-corrected chi connectivity index (χ2v) is 6.21. The van der Waals surface area contributed by atoms with Gasteiger partial charge in [0, 0.05) is 24.8 Å². The van der Waals surface area contributed by atoms with Crippen LogP contribution >= 0.6 is 0 Å². The molecule has 1 aliphatic heterocycles. The number of hydrogen-bond donors (Lipinski definition) is 1. The standard InChI is InChI=1S/C18H22N2O2/c1-13(2)20(3)17-9-6-15(10-19-17)14-4-7-16(8-5-14)18(21)11-22-12-18/h4-10,13,21H,11-12H2,1-3H3. The van der Waals surface area contributed by atoms with Gasteiger partial charge in [0.2, 0.25) is 0 Å². The Morgan fingerprint density at radius 3 is 2.18 bits per heavy atom. The third kappa shape index (κ3) is 2.72. The first-order valence-electron chi connectivity index (χ1n) is 7.59. The lowest BCUT2D eigenvalue weighted by atomic mass is 9.91. The predicted octanol–water partition coefficient (Wildman–Crippen LogP) is 2.81. The average Bonchev–Trinajstić information content (AvgIpc) is 2.52.